The molecule has 0 bridgehead atoms. The summed E-state index contributed by atoms with van der Waals surface area (Å²) < 4.78 is 35.7. The van der Waals surface area contributed by atoms with Crippen molar-refractivity contribution in [2.75, 3.05) is 0 Å². The van der Waals surface area contributed by atoms with Crippen molar-refractivity contribution in [3.63, 3.8) is 0 Å². The molecule has 0 aliphatic heterocycles. The van der Waals surface area contributed by atoms with Gasteiger partial charge >= 0.3 is 6.18 Å². The summed E-state index contributed by atoms with van der Waals surface area (Å²) in [6.45, 7) is 1.97. The molecule has 0 aromatic carbocycles. The topological polar surface area (TPSA) is 12.9 Å². The fourth-order valence-electron chi connectivity index (χ4n) is 0.973. The summed E-state index contributed by atoms with van der Waals surface area (Å²) in [5.74, 6) is 0. The summed E-state index contributed by atoms with van der Waals surface area (Å²) in [6, 6.07) is 0. The summed E-state index contributed by atoms with van der Waals surface area (Å²) in [7, 11) is 0. The molecule has 74 valence electrons. The Labute approximate surface area is 78.6 Å². The van der Waals surface area contributed by atoms with Gasteiger partial charge in [-0.05, 0) is 6.42 Å². The first-order chi connectivity index (χ1) is 6.01. The van der Waals surface area contributed by atoms with Gasteiger partial charge in [-0.3, -0.25) is 0 Å². The molecular weight excluding hydrogens is 199 g/mol. The maximum atomic E-state index is 11.9. The second kappa shape index (κ2) is 4.09. The van der Waals surface area contributed by atoms with Crippen molar-refractivity contribution in [2.24, 2.45) is 0 Å². The molecular formula is C8H10F3NS. The van der Waals surface area contributed by atoms with Gasteiger partial charge in [0.15, 0.2) is 0 Å². The van der Waals surface area contributed by atoms with Gasteiger partial charge in [-0.15, -0.1) is 11.3 Å². The Morgan fingerprint density at radius 2 is 2.15 bits per heavy atom. The van der Waals surface area contributed by atoms with Gasteiger partial charge in [0, 0.05) is 5.38 Å². The molecule has 0 fully saturated rings. The average molecular weight is 209 g/mol. The van der Waals surface area contributed by atoms with Crippen LogP contribution in [0, 0.1) is 0 Å². The quantitative estimate of drug-likeness (QED) is 0.745. The molecule has 0 aliphatic carbocycles. The number of aromatic nitrogens is 1. The fraction of sp³-hybridized carbons (Fsp3) is 0.625. The Morgan fingerprint density at radius 1 is 1.46 bits per heavy atom. The normalized spacial score (nSPS) is 12.0. The van der Waals surface area contributed by atoms with Gasteiger partial charge in [0.05, 0.1) is 12.1 Å². The highest BCUT2D eigenvalue weighted by molar-refractivity contribution is 7.09. The number of aryl methyl sites for hydroxylation is 1. The van der Waals surface area contributed by atoms with E-state index < -0.39 is 12.6 Å². The highest BCUT2D eigenvalue weighted by atomic mass is 32.1. The average Bonchev–Trinajstić information content (AvgIpc) is 2.33. The lowest BCUT2D eigenvalue weighted by atomic mass is 10.3. The molecule has 0 amide bonds. The molecule has 1 heterocycles. The van der Waals surface area contributed by atoms with E-state index >= 15 is 0 Å². The maximum Gasteiger partial charge on any atom is 0.395 e. The molecule has 0 saturated heterocycles. The first-order valence-electron chi connectivity index (χ1n) is 4.01. The van der Waals surface area contributed by atoms with Gasteiger partial charge in [0.2, 0.25) is 0 Å². The zero-order chi connectivity index (χ0) is 9.90. The minimum atomic E-state index is -4.14. The lowest BCUT2D eigenvalue weighted by Crippen LogP contribution is -2.11. The highest BCUT2D eigenvalue weighted by Crippen LogP contribution is 2.23. The Bertz CT molecular complexity index is 267. The highest BCUT2D eigenvalue weighted by Gasteiger charge is 2.29. The third-order valence-corrected chi connectivity index (χ3v) is 2.35. The van der Waals surface area contributed by atoms with Gasteiger partial charge in [0.1, 0.15) is 5.01 Å². The molecule has 0 saturated carbocycles. The van der Waals surface area contributed by atoms with E-state index in [0.29, 0.717) is 0 Å². The van der Waals surface area contributed by atoms with Crippen LogP contribution in [0.4, 0.5) is 13.2 Å². The molecule has 0 radical (unpaired) electrons. The van der Waals surface area contributed by atoms with Gasteiger partial charge in [-0.1, -0.05) is 13.3 Å². The van der Waals surface area contributed by atoms with Crippen molar-refractivity contribution in [3.05, 3.63) is 16.1 Å². The standard InChI is InChI=1S/C8H10F3NS/c1-2-3-6-5-13-7(12-6)4-8(9,10)11/h5H,2-4H2,1H3. The van der Waals surface area contributed by atoms with Crippen LogP contribution in [0.1, 0.15) is 24.0 Å². The largest absolute Gasteiger partial charge is 0.395 e. The van der Waals surface area contributed by atoms with Crippen LogP contribution in [0.3, 0.4) is 0 Å². The van der Waals surface area contributed by atoms with E-state index in [4.69, 9.17) is 0 Å². The van der Waals surface area contributed by atoms with Crippen LogP contribution in [-0.4, -0.2) is 11.2 Å². The molecule has 1 nitrogen and oxygen atoms in total. The first-order valence-corrected chi connectivity index (χ1v) is 4.89. The van der Waals surface area contributed by atoms with Crippen molar-refractivity contribution < 1.29 is 13.2 Å². The SMILES string of the molecule is CCCc1csc(CC(F)(F)F)n1. The number of nitrogens with zero attached hydrogens (tertiary/aromatic N) is 1. The molecule has 0 spiro atoms. The molecule has 1 aromatic heterocycles. The summed E-state index contributed by atoms with van der Waals surface area (Å²) in [4.78, 5) is 3.88. The van der Waals surface area contributed by atoms with Gasteiger partial charge in [-0.25, -0.2) is 4.98 Å². The summed E-state index contributed by atoms with van der Waals surface area (Å²) >= 11 is 1.09. The minimum absolute atomic E-state index is 0.163. The smallest absolute Gasteiger partial charge is 0.246 e. The Kier molecular flexibility index (Phi) is 3.30. The lowest BCUT2D eigenvalue weighted by molar-refractivity contribution is -0.127. The second-order valence-electron chi connectivity index (χ2n) is 2.77. The van der Waals surface area contributed by atoms with Crippen LogP contribution in [0.15, 0.2) is 5.38 Å². The molecule has 0 atom stereocenters. The van der Waals surface area contributed by atoms with Crippen molar-refractivity contribution in [2.45, 2.75) is 32.4 Å². The fourth-order valence-corrected chi connectivity index (χ4v) is 1.83. The molecule has 0 N–H and O–H groups in total. The van der Waals surface area contributed by atoms with Gasteiger partial charge < -0.3 is 0 Å². The number of alkyl halides is 3. The van der Waals surface area contributed by atoms with E-state index in [9.17, 15) is 13.2 Å². The molecule has 1 rings (SSSR count). The Balaban J connectivity index is 2.59. The van der Waals surface area contributed by atoms with E-state index in [1.54, 1.807) is 5.38 Å². The van der Waals surface area contributed by atoms with E-state index in [1.165, 1.54) is 0 Å². The van der Waals surface area contributed by atoms with Crippen LogP contribution < -0.4 is 0 Å². The van der Waals surface area contributed by atoms with E-state index in [-0.39, 0.29) is 5.01 Å². The minimum Gasteiger partial charge on any atom is -0.246 e. The predicted molar refractivity (Wildman–Crippen MR) is 45.9 cm³/mol. The van der Waals surface area contributed by atoms with Crippen LogP contribution in [0.2, 0.25) is 0 Å². The summed E-state index contributed by atoms with van der Waals surface area (Å²) in [6.07, 6.45) is -3.37. The van der Waals surface area contributed by atoms with Crippen LogP contribution >= 0.6 is 11.3 Å². The zero-order valence-corrected chi connectivity index (χ0v) is 8.00. The second-order valence-corrected chi connectivity index (χ2v) is 3.72. The third kappa shape index (κ3) is 3.76. The number of halogens is 3. The van der Waals surface area contributed by atoms with Crippen molar-refractivity contribution >= 4 is 11.3 Å². The predicted octanol–water partition coefficient (Wildman–Crippen LogP) is 3.20. The molecule has 1 aromatic rings. The van der Waals surface area contributed by atoms with Gasteiger partial charge in [-0.2, -0.15) is 13.2 Å². The molecule has 5 heteroatoms. The van der Waals surface area contributed by atoms with Crippen molar-refractivity contribution in [3.8, 4) is 0 Å². The Morgan fingerprint density at radius 3 is 2.69 bits per heavy atom. The zero-order valence-electron chi connectivity index (χ0n) is 7.19. The number of thiazole rings is 1. The number of rotatable bonds is 3. The van der Waals surface area contributed by atoms with Crippen molar-refractivity contribution in [1.29, 1.82) is 0 Å². The molecule has 13 heavy (non-hydrogen) atoms. The van der Waals surface area contributed by atoms with Gasteiger partial charge in [0.25, 0.3) is 0 Å². The van der Waals surface area contributed by atoms with E-state index in [1.807, 2.05) is 6.92 Å². The lowest BCUT2D eigenvalue weighted by Gasteiger charge is -2.01. The van der Waals surface area contributed by atoms with Crippen LogP contribution in [0.5, 0.6) is 0 Å². The summed E-state index contributed by atoms with van der Waals surface area (Å²) in [5.41, 5.74) is 0.770. The van der Waals surface area contributed by atoms with Crippen molar-refractivity contribution in [1.82, 2.24) is 4.98 Å². The molecule has 0 aliphatic rings. The first kappa shape index (κ1) is 10.5. The third-order valence-electron chi connectivity index (χ3n) is 1.46. The number of hydrogen-bond acceptors (Lipinski definition) is 2. The van der Waals surface area contributed by atoms with Crippen LogP contribution in [0.25, 0.3) is 0 Å². The van der Waals surface area contributed by atoms with E-state index in [0.717, 1.165) is 29.9 Å². The Hall–Kier alpha value is -0.580. The molecule has 0 unspecified atom stereocenters. The van der Waals surface area contributed by atoms with Crippen LogP contribution in [-0.2, 0) is 12.8 Å². The summed E-state index contributed by atoms with van der Waals surface area (Å²) in [5, 5.41) is 1.86. The van der Waals surface area contributed by atoms with E-state index in [2.05, 4.69) is 4.98 Å². The monoisotopic (exact) mass is 209 g/mol. The maximum absolute atomic E-state index is 11.9. The number of hydrogen-bond donors (Lipinski definition) is 0.